The van der Waals surface area contributed by atoms with Crippen LogP contribution in [0, 0.1) is 0 Å². The number of nitrogens with zero attached hydrogens (tertiary/aromatic N) is 2. The van der Waals surface area contributed by atoms with Crippen molar-refractivity contribution in [3.8, 4) is 0 Å². The van der Waals surface area contributed by atoms with Crippen LogP contribution in [-0.4, -0.2) is 5.97 Å². The maximum Gasteiger partial charge on any atom is 0.339 e. The zero-order valence-corrected chi connectivity index (χ0v) is 6.07. The number of cyclic esters (lactones) is 1. The van der Waals surface area contributed by atoms with Gasteiger partial charge in [0.15, 0.2) is 0 Å². The summed E-state index contributed by atoms with van der Waals surface area (Å²) in [4.78, 5) is 11.0. The van der Waals surface area contributed by atoms with Gasteiger partial charge in [-0.15, -0.1) is 0 Å². The summed E-state index contributed by atoms with van der Waals surface area (Å²) >= 11 is 0. The van der Waals surface area contributed by atoms with Gasteiger partial charge in [-0.3, -0.25) is 0 Å². The second-order valence-corrected chi connectivity index (χ2v) is 2.88. The molecule has 0 atom stereocenters. The van der Waals surface area contributed by atoms with E-state index < -0.39 is 0 Å². The molecular weight excluding hydrogens is 156 g/mol. The number of benzene rings is 1. The van der Waals surface area contributed by atoms with Crippen LogP contribution in [-0.2, 0) is 11.3 Å². The second kappa shape index (κ2) is 1.55. The fourth-order valence-electron chi connectivity index (χ4n) is 1.58. The third-order valence-electron chi connectivity index (χ3n) is 2.25. The molecule has 12 heavy (non-hydrogen) atoms. The summed E-state index contributed by atoms with van der Waals surface area (Å²) in [5, 5.41) is 0. The predicted molar refractivity (Wildman–Crippen MR) is 38.8 cm³/mol. The molecule has 3 heterocycles. The van der Waals surface area contributed by atoms with E-state index in [1.807, 2.05) is 6.07 Å². The second-order valence-electron chi connectivity index (χ2n) is 2.88. The average molecular weight is 160 g/mol. The molecule has 0 saturated carbocycles. The zero-order chi connectivity index (χ0) is 8.29. The van der Waals surface area contributed by atoms with E-state index in [2.05, 4.69) is 0 Å². The van der Waals surface area contributed by atoms with E-state index in [0.29, 0.717) is 16.6 Å². The highest BCUT2D eigenvalue weighted by Crippen LogP contribution is 2.26. The van der Waals surface area contributed by atoms with Gasteiger partial charge in [0, 0.05) is 6.07 Å². The van der Waals surface area contributed by atoms with Gasteiger partial charge >= 0.3 is 5.97 Å². The Morgan fingerprint density at radius 2 is 2.33 bits per heavy atom. The number of rotatable bonds is 0. The molecule has 0 unspecified atom stereocenters. The minimum absolute atomic E-state index is 0.279. The van der Waals surface area contributed by atoms with Crippen LogP contribution in [0.15, 0.2) is 12.1 Å². The van der Waals surface area contributed by atoms with Crippen molar-refractivity contribution in [3.63, 3.8) is 0 Å². The smallest absolute Gasteiger partial charge is 0.339 e. The van der Waals surface area contributed by atoms with Gasteiger partial charge in [0.25, 0.3) is 0 Å². The summed E-state index contributed by atoms with van der Waals surface area (Å²) in [6.45, 7) is 0.279. The molecule has 4 nitrogen and oxygen atoms in total. The molecule has 0 fully saturated rings. The molecule has 4 rings (SSSR count). The molecule has 4 heteroatoms. The molecule has 2 bridgehead atoms. The van der Waals surface area contributed by atoms with Crippen LogP contribution in [0.4, 0.5) is 0 Å². The number of esters is 1. The van der Waals surface area contributed by atoms with Crippen LogP contribution in [0.1, 0.15) is 15.9 Å². The van der Waals surface area contributed by atoms with Crippen LogP contribution >= 0.6 is 0 Å². The molecule has 0 aliphatic carbocycles. The lowest BCUT2D eigenvalue weighted by molar-refractivity contribution is -0.446. The lowest BCUT2D eigenvalue weighted by atomic mass is 10.1. The van der Waals surface area contributed by atoms with Crippen molar-refractivity contribution in [1.82, 2.24) is 0 Å². The Bertz CT molecular complexity index is 520. The fourth-order valence-corrected chi connectivity index (χ4v) is 1.58. The molecule has 0 amide bonds. The third-order valence-corrected chi connectivity index (χ3v) is 2.25. The van der Waals surface area contributed by atoms with Gasteiger partial charge in [0.05, 0.1) is 17.2 Å². The van der Waals surface area contributed by atoms with E-state index in [1.54, 1.807) is 6.07 Å². The van der Waals surface area contributed by atoms with Gasteiger partial charge < -0.3 is 10.3 Å². The summed E-state index contributed by atoms with van der Waals surface area (Å²) in [6.07, 6.45) is 0. The van der Waals surface area contributed by atoms with Crippen molar-refractivity contribution < 1.29 is 13.9 Å². The van der Waals surface area contributed by atoms with Crippen LogP contribution in [0.5, 0.6) is 0 Å². The van der Waals surface area contributed by atoms with Crippen LogP contribution in [0.2, 0.25) is 0 Å². The number of carbonyl (C=O) groups is 1. The lowest BCUT2D eigenvalue weighted by Crippen LogP contribution is -2.22. The highest BCUT2D eigenvalue weighted by atomic mass is 16.5. The molecule has 1 aliphatic heterocycles. The third kappa shape index (κ3) is 0.450. The number of carbonyl (C=O) groups excluding carboxylic acids is 1. The average Bonchev–Trinajstić information content (AvgIpc) is 2.47. The Kier molecular flexibility index (Phi) is 0.760. The molecule has 0 spiro atoms. The molecule has 0 N–H and O–H groups in total. The highest BCUT2D eigenvalue weighted by molar-refractivity contribution is 5.97. The molecule has 3 aromatic rings. The van der Waals surface area contributed by atoms with Crippen molar-refractivity contribution >= 4 is 17.0 Å². The standard InChI is InChI=1S/C8H4N2O2/c9-10-4-1-5-6(7(10)2-4)3-12-8(5)11/h1-2H,3H2. The SMILES string of the molecule is [N-]=[n+]1c2cc3c(c1c2)COC3=O. The highest BCUT2D eigenvalue weighted by Gasteiger charge is 2.29. The van der Waals surface area contributed by atoms with E-state index in [4.69, 9.17) is 4.74 Å². The van der Waals surface area contributed by atoms with Crippen molar-refractivity contribution in [1.29, 1.82) is 0 Å². The van der Waals surface area contributed by atoms with E-state index >= 15 is 0 Å². The normalized spacial score (nSPS) is 15.5. The molecule has 58 valence electrons. The first-order valence-corrected chi connectivity index (χ1v) is 3.60. The Labute approximate surface area is 67.2 Å². The van der Waals surface area contributed by atoms with Gasteiger partial charge in [-0.1, -0.05) is 0 Å². The number of ether oxygens (including phenoxy) is 1. The first-order valence-electron chi connectivity index (χ1n) is 3.60. The minimum atomic E-state index is -0.291. The van der Waals surface area contributed by atoms with E-state index in [0.717, 1.165) is 9.93 Å². The summed E-state index contributed by atoms with van der Waals surface area (Å²) in [5.74, 6) is -0.291. The monoisotopic (exact) mass is 160 g/mol. The Morgan fingerprint density at radius 3 is 3.08 bits per heavy atom. The van der Waals surface area contributed by atoms with Gasteiger partial charge in [0.1, 0.15) is 6.61 Å². The van der Waals surface area contributed by atoms with Gasteiger partial charge in [0.2, 0.25) is 11.0 Å². The fraction of sp³-hybridized carbons (Fsp3) is 0.125. The van der Waals surface area contributed by atoms with Gasteiger partial charge in [-0.2, -0.15) is 0 Å². The summed E-state index contributed by atoms with van der Waals surface area (Å²) in [6, 6.07) is 3.46. The summed E-state index contributed by atoms with van der Waals surface area (Å²) in [5.41, 5.74) is 12.0. The summed E-state index contributed by atoms with van der Waals surface area (Å²) < 4.78 is 5.88. The van der Waals surface area contributed by atoms with Crippen molar-refractivity contribution in [3.05, 3.63) is 28.8 Å². The first-order chi connectivity index (χ1) is 5.77. The van der Waals surface area contributed by atoms with Crippen LogP contribution < -0.4 is 4.36 Å². The van der Waals surface area contributed by atoms with Gasteiger partial charge in [-0.05, 0) is 0 Å². The molecule has 0 saturated heterocycles. The van der Waals surface area contributed by atoms with Crippen molar-refractivity contribution in [2.75, 3.05) is 0 Å². The number of aromatic nitrogens is 1. The minimum Gasteiger partial charge on any atom is -0.493 e. The lowest BCUT2D eigenvalue weighted by Gasteiger charge is -2.02. The Hall–Kier alpha value is -1.71. The van der Waals surface area contributed by atoms with Crippen molar-refractivity contribution in [2.45, 2.75) is 6.61 Å². The van der Waals surface area contributed by atoms with E-state index in [9.17, 15) is 10.3 Å². The van der Waals surface area contributed by atoms with E-state index in [-0.39, 0.29) is 12.6 Å². The van der Waals surface area contributed by atoms with E-state index in [1.165, 1.54) is 0 Å². The van der Waals surface area contributed by atoms with Crippen LogP contribution in [0.25, 0.3) is 16.6 Å². The predicted octanol–water partition coefficient (Wildman–Crippen LogP) is 0.555. The molecule has 1 aliphatic rings. The maximum absolute atomic E-state index is 11.0. The number of hydrogen-bond donors (Lipinski definition) is 0. The largest absolute Gasteiger partial charge is 0.493 e. The quantitative estimate of drug-likeness (QED) is 0.417. The Balaban J connectivity index is 2.49. The van der Waals surface area contributed by atoms with Crippen LogP contribution in [0.3, 0.4) is 0 Å². The summed E-state index contributed by atoms with van der Waals surface area (Å²) in [7, 11) is 0. The topological polar surface area (TPSA) is 54.5 Å². The zero-order valence-electron chi connectivity index (χ0n) is 6.07. The molecular formula is C8H4N2O2. The first kappa shape index (κ1) is 5.88. The van der Waals surface area contributed by atoms with Crippen molar-refractivity contribution in [2.24, 2.45) is 0 Å². The number of pyridine rings is 1. The number of hydrogen-bond acceptors (Lipinski definition) is 2. The molecule has 0 radical (unpaired) electrons. The molecule has 2 aromatic heterocycles. The van der Waals surface area contributed by atoms with Gasteiger partial charge in [-0.25, -0.2) is 9.16 Å². The maximum atomic E-state index is 11.0. The Morgan fingerprint density at radius 1 is 1.50 bits per heavy atom. The molecule has 1 aromatic carbocycles.